The summed E-state index contributed by atoms with van der Waals surface area (Å²) in [4.78, 5) is 33.9. The molecule has 1 fully saturated rings. The molecule has 3 rings (SSSR count). The van der Waals surface area contributed by atoms with Crippen LogP contribution in [-0.2, 0) is 4.79 Å². The average Bonchev–Trinajstić information content (AvgIpc) is 2.88. The summed E-state index contributed by atoms with van der Waals surface area (Å²) in [6.45, 7) is 2.40. The molecule has 1 atom stereocenters. The number of aromatic nitrogens is 2. The van der Waals surface area contributed by atoms with Crippen molar-refractivity contribution in [2.75, 3.05) is 18.9 Å². The number of carbonyl (C=O) groups excluding carboxylic acids is 2. The van der Waals surface area contributed by atoms with Gasteiger partial charge in [0, 0.05) is 31.6 Å². The van der Waals surface area contributed by atoms with Crippen molar-refractivity contribution in [3.63, 3.8) is 0 Å². The second kappa shape index (κ2) is 6.76. The Morgan fingerprint density at radius 1 is 1.32 bits per heavy atom. The number of nitrogens with zero attached hydrogens (tertiary/aromatic N) is 3. The fraction of sp³-hybridized carbons (Fsp3) is 0.294. The van der Waals surface area contributed by atoms with Gasteiger partial charge in [0.2, 0.25) is 0 Å². The Morgan fingerprint density at radius 3 is 2.76 bits per heavy atom. The molecule has 1 aromatic carbocycles. The normalized spacial score (nSPS) is 16.8. The number of phenolic OH excluding ortho intramolecular Hbond substituents is 1. The molecule has 1 aromatic heterocycles. The summed E-state index contributed by atoms with van der Waals surface area (Å²) in [5.74, 6) is -0.155. The number of nitrogens with one attached hydrogen (secondary N) is 1. The smallest absolute Gasteiger partial charge is 0.263 e. The van der Waals surface area contributed by atoms with Gasteiger partial charge in [-0.2, -0.15) is 0 Å². The van der Waals surface area contributed by atoms with E-state index in [4.69, 9.17) is 4.74 Å². The Balaban J connectivity index is 1.75. The van der Waals surface area contributed by atoms with Crippen molar-refractivity contribution in [3.8, 4) is 11.5 Å². The molecule has 1 unspecified atom stereocenters. The number of benzene rings is 1. The third kappa shape index (κ3) is 3.85. The van der Waals surface area contributed by atoms with Crippen LogP contribution in [0, 0.1) is 6.92 Å². The van der Waals surface area contributed by atoms with Crippen LogP contribution < -0.4 is 10.1 Å². The molecule has 1 aliphatic heterocycles. The minimum Gasteiger partial charge on any atom is -0.508 e. The number of hydrogen-bond acceptors (Lipinski definition) is 6. The van der Waals surface area contributed by atoms with Crippen LogP contribution in [0.5, 0.6) is 11.5 Å². The van der Waals surface area contributed by atoms with E-state index in [0.717, 1.165) is 5.69 Å². The number of aromatic hydroxyl groups is 1. The minimum absolute atomic E-state index is 0.121. The lowest BCUT2D eigenvalue weighted by molar-refractivity contribution is -0.132. The fourth-order valence-corrected chi connectivity index (χ4v) is 2.49. The van der Waals surface area contributed by atoms with Crippen LogP contribution in [-0.4, -0.2) is 51.5 Å². The molecule has 0 saturated carbocycles. The van der Waals surface area contributed by atoms with Gasteiger partial charge in [-0.3, -0.25) is 14.6 Å². The Bertz CT molecular complexity index is 807. The molecular weight excluding hydrogens is 324 g/mol. The first-order valence-electron chi connectivity index (χ1n) is 7.78. The first kappa shape index (κ1) is 16.7. The summed E-state index contributed by atoms with van der Waals surface area (Å²) in [6, 6.07) is 4.16. The first-order valence-corrected chi connectivity index (χ1v) is 7.78. The third-order valence-corrected chi connectivity index (χ3v) is 3.83. The quantitative estimate of drug-likeness (QED) is 0.869. The number of phenols is 1. The molecular formula is C17H18N4O4. The van der Waals surface area contributed by atoms with Gasteiger partial charge in [0.1, 0.15) is 11.5 Å². The molecule has 2 N–H and O–H groups in total. The summed E-state index contributed by atoms with van der Waals surface area (Å²) in [6.07, 6.45) is 2.94. The summed E-state index contributed by atoms with van der Waals surface area (Å²) < 4.78 is 5.64. The predicted molar refractivity (Wildman–Crippen MR) is 89.5 cm³/mol. The number of amides is 2. The molecule has 2 aromatic rings. The van der Waals surface area contributed by atoms with Crippen molar-refractivity contribution in [2.24, 2.45) is 0 Å². The summed E-state index contributed by atoms with van der Waals surface area (Å²) in [5.41, 5.74) is 0.924. The van der Waals surface area contributed by atoms with Gasteiger partial charge in [0.25, 0.3) is 11.8 Å². The van der Waals surface area contributed by atoms with Gasteiger partial charge in [0.15, 0.2) is 11.9 Å². The highest BCUT2D eigenvalue weighted by molar-refractivity contribution is 6.04. The molecule has 2 heterocycles. The van der Waals surface area contributed by atoms with Crippen molar-refractivity contribution < 1.29 is 19.4 Å². The molecule has 25 heavy (non-hydrogen) atoms. The van der Waals surface area contributed by atoms with Crippen LogP contribution >= 0.6 is 0 Å². The Kier molecular flexibility index (Phi) is 4.51. The zero-order chi connectivity index (χ0) is 18.0. The van der Waals surface area contributed by atoms with Crippen molar-refractivity contribution in [2.45, 2.75) is 19.4 Å². The molecule has 0 aliphatic carbocycles. The number of ether oxygens (including phenoxy) is 1. The average molecular weight is 342 g/mol. The number of likely N-dealkylation sites (N-methyl/N-ethyl adjacent to an activating group) is 1. The lowest BCUT2D eigenvalue weighted by Crippen LogP contribution is -2.29. The lowest BCUT2D eigenvalue weighted by Gasteiger charge is -2.14. The van der Waals surface area contributed by atoms with E-state index in [1.54, 1.807) is 18.9 Å². The molecule has 1 saturated heterocycles. The summed E-state index contributed by atoms with van der Waals surface area (Å²) >= 11 is 0. The molecule has 2 amide bonds. The maximum absolute atomic E-state index is 12.3. The van der Waals surface area contributed by atoms with Crippen LogP contribution in [0.4, 0.5) is 5.82 Å². The first-order chi connectivity index (χ1) is 11.9. The number of likely N-dealkylation sites (tertiary alicyclic amines) is 1. The second-order valence-corrected chi connectivity index (χ2v) is 5.87. The molecule has 0 radical (unpaired) electrons. The zero-order valence-corrected chi connectivity index (χ0v) is 13.9. The molecule has 0 spiro atoms. The highest BCUT2D eigenvalue weighted by Gasteiger charge is 2.31. The maximum Gasteiger partial charge on any atom is 0.263 e. The van der Waals surface area contributed by atoms with Gasteiger partial charge < -0.3 is 20.1 Å². The van der Waals surface area contributed by atoms with E-state index in [2.05, 4.69) is 15.3 Å². The molecule has 1 aliphatic rings. The van der Waals surface area contributed by atoms with Gasteiger partial charge >= 0.3 is 0 Å². The van der Waals surface area contributed by atoms with Gasteiger partial charge in [0.05, 0.1) is 18.1 Å². The fourth-order valence-electron chi connectivity index (χ4n) is 2.49. The van der Waals surface area contributed by atoms with Crippen LogP contribution in [0.2, 0.25) is 0 Å². The van der Waals surface area contributed by atoms with E-state index in [0.29, 0.717) is 18.8 Å². The van der Waals surface area contributed by atoms with Crippen molar-refractivity contribution in [1.82, 2.24) is 14.9 Å². The van der Waals surface area contributed by atoms with Gasteiger partial charge in [-0.05, 0) is 19.1 Å². The molecule has 130 valence electrons. The number of rotatable bonds is 4. The van der Waals surface area contributed by atoms with Crippen LogP contribution in [0.25, 0.3) is 0 Å². The second-order valence-electron chi connectivity index (χ2n) is 5.87. The van der Waals surface area contributed by atoms with Crippen LogP contribution in [0.1, 0.15) is 22.5 Å². The number of carbonyl (C=O) groups is 2. The number of aryl methyl sites for hydroxylation is 1. The van der Waals surface area contributed by atoms with E-state index >= 15 is 0 Å². The van der Waals surface area contributed by atoms with Gasteiger partial charge in [-0.1, -0.05) is 0 Å². The molecule has 0 bridgehead atoms. The van der Waals surface area contributed by atoms with E-state index < -0.39 is 12.0 Å². The SMILES string of the molecule is Cc1cnc(NC(=O)c2cc(O)cc(OC3CCN(C)C3=O)c2)cn1. The highest BCUT2D eigenvalue weighted by Crippen LogP contribution is 2.25. The van der Waals surface area contributed by atoms with Crippen molar-refractivity contribution in [1.29, 1.82) is 0 Å². The minimum atomic E-state index is -0.606. The van der Waals surface area contributed by atoms with E-state index in [1.165, 1.54) is 30.6 Å². The van der Waals surface area contributed by atoms with E-state index in [-0.39, 0.29) is 23.0 Å². The Hall–Kier alpha value is -3.16. The lowest BCUT2D eigenvalue weighted by atomic mass is 10.2. The number of hydrogen-bond donors (Lipinski definition) is 2. The zero-order valence-electron chi connectivity index (χ0n) is 13.9. The Labute approximate surface area is 144 Å². The largest absolute Gasteiger partial charge is 0.508 e. The van der Waals surface area contributed by atoms with Crippen LogP contribution in [0.3, 0.4) is 0 Å². The van der Waals surface area contributed by atoms with Crippen molar-refractivity contribution in [3.05, 3.63) is 41.9 Å². The van der Waals surface area contributed by atoms with Gasteiger partial charge in [-0.15, -0.1) is 0 Å². The standard InChI is InChI=1S/C17H18N4O4/c1-10-8-19-15(9-18-10)20-16(23)11-5-12(22)7-13(6-11)25-14-3-4-21(2)17(14)24/h5-9,14,22H,3-4H2,1-2H3,(H,19,20,23). The van der Waals surface area contributed by atoms with Crippen LogP contribution in [0.15, 0.2) is 30.6 Å². The highest BCUT2D eigenvalue weighted by atomic mass is 16.5. The monoisotopic (exact) mass is 342 g/mol. The van der Waals surface area contributed by atoms with Crippen molar-refractivity contribution >= 4 is 17.6 Å². The molecule has 8 heteroatoms. The number of anilines is 1. The van der Waals surface area contributed by atoms with E-state index in [1.807, 2.05) is 0 Å². The third-order valence-electron chi connectivity index (χ3n) is 3.83. The van der Waals surface area contributed by atoms with Gasteiger partial charge in [-0.25, -0.2) is 4.98 Å². The predicted octanol–water partition coefficient (Wildman–Crippen LogP) is 1.35. The topological polar surface area (TPSA) is 105 Å². The van der Waals surface area contributed by atoms with E-state index in [9.17, 15) is 14.7 Å². The summed E-state index contributed by atoms with van der Waals surface area (Å²) in [5, 5.41) is 12.4. The molecule has 8 nitrogen and oxygen atoms in total. The maximum atomic E-state index is 12.3. The summed E-state index contributed by atoms with van der Waals surface area (Å²) in [7, 11) is 1.70. The Morgan fingerprint density at radius 2 is 2.12 bits per heavy atom.